The van der Waals surface area contributed by atoms with Crippen molar-refractivity contribution in [1.82, 2.24) is 30.3 Å². The van der Waals surface area contributed by atoms with E-state index < -0.39 is 0 Å². The number of fused-ring (bicyclic) bond motifs is 1. The number of urea groups is 1. The Morgan fingerprint density at radius 1 is 1.30 bits per heavy atom. The minimum atomic E-state index is -0.303. The Morgan fingerprint density at radius 3 is 2.81 bits per heavy atom. The molecule has 144 valence electrons. The number of rotatable bonds is 3. The number of piperazine rings is 1. The van der Waals surface area contributed by atoms with E-state index in [-0.39, 0.29) is 17.7 Å². The minimum absolute atomic E-state index is 0.00758. The summed E-state index contributed by atoms with van der Waals surface area (Å²) in [5.41, 5.74) is 0.747. The Bertz CT molecular complexity index is 783. The molecule has 1 unspecified atom stereocenters. The molecule has 0 saturated carbocycles. The van der Waals surface area contributed by atoms with Crippen molar-refractivity contribution in [2.45, 2.75) is 38.5 Å². The number of carbonyl (C=O) groups is 1. The molecule has 3 heterocycles. The molecule has 2 aliphatic rings. The zero-order chi connectivity index (χ0) is 18.9. The quantitative estimate of drug-likeness (QED) is 0.862. The van der Waals surface area contributed by atoms with Crippen molar-refractivity contribution in [2.75, 3.05) is 26.2 Å². The van der Waals surface area contributed by atoms with Gasteiger partial charge in [0.15, 0.2) is 0 Å². The third kappa shape index (κ3) is 4.05. The molecule has 0 bridgehead atoms. The summed E-state index contributed by atoms with van der Waals surface area (Å²) in [5.74, 6) is 1.71. The number of hydrogen-bond donors (Lipinski definition) is 2. The Morgan fingerprint density at radius 2 is 2.07 bits per heavy atom. The molecule has 1 saturated heterocycles. The lowest BCUT2D eigenvalue weighted by Gasteiger charge is -2.39. The average Bonchev–Trinajstić information content (AvgIpc) is 3.14. The lowest BCUT2D eigenvalue weighted by molar-refractivity contribution is 0.0651. The molecule has 2 N–H and O–H groups in total. The topological polar surface area (TPSA) is 86.4 Å². The summed E-state index contributed by atoms with van der Waals surface area (Å²) in [4.78, 5) is 21.2. The van der Waals surface area contributed by atoms with Gasteiger partial charge in [0.2, 0.25) is 0 Å². The first-order valence-corrected chi connectivity index (χ1v) is 9.40. The van der Waals surface area contributed by atoms with E-state index in [1.807, 2.05) is 29.2 Å². The maximum absolute atomic E-state index is 12.8. The predicted molar refractivity (Wildman–Crippen MR) is 100 cm³/mol. The molecular formula is C19H26N6O2. The maximum Gasteiger partial charge on any atom is 0.317 e. The van der Waals surface area contributed by atoms with Crippen LogP contribution in [0.15, 0.2) is 30.6 Å². The van der Waals surface area contributed by atoms with E-state index in [2.05, 4.69) is 39.2 Å². The molecule has 27 heavy (non-hydrogen) atoms. The van der Waals surface area contributed by atoms with Crippen LogP contribution in [-0.4, -0.2) is 62.8 Å². The van der Waals surface area contributed by atoms with Crippen LogP contribution in [0.5, 0.6) is 5.75 Å². The van der Waals surface area contributed by atoms with Crippen LogP contribution in [0.4, 0.5) is 4.79 Å². The van der Waals surface area contributed by atoms with Crippen LogP contribution in [0, 0.1) is 0 Å². The summed E-state index contributed by atoms with van der Waals surface area (Å²) in [6.07, 6.45) is 2.27. The molecule has 1 aromatic carbocycles. The second-order valence-corrected chi connectivity index (χ2v) is 7.80. The number of aromatic amines is 1. The molecule has 0 radical (unpaired) electrons. The lowest BCUT2D eigenvalue weighted by atomic mass is 9.90. The monoisotopic (exact) mass is 370 g/mol. The van der Waals surface area contributed by atoms with Crippen LogP contribution in [0.2, 0.25) is 0 Å². The van der Waals surface area contributed by atoms with Crippen LogP contribution in [-0.2, 0) is 6.54 Å². The van der Waals surface area contributed by atoms with Crippen LogP contribution < -0.4 is 10.1 Å². The van der Waals surface area contributed by atoms with Gasteiger partial charge < -0.3 is 15.0 Å². The van der Waals surface area contributed by atoms with E-state index in [0.717, 1.165) is 43.2 Å². The molecular weight excluding hydrogens is 344 g/mol. The van der Waals surface area contributed by atoms with Gasteiger partial charge in [0.25, 0.3) is 0 Å². The molecule has 2 amide bonds. The van der Waals surface area contributed by atoms with E-state index in [9.17, 15) is 4.79 Å². The van der Waals surface area contributed by atoms with E-state index in [1.165, 1.54) is 6.33 Å². The number of nitrogens with zero attached hydrogens (tertiary/aromatic N) is 4. The maximum atomic E-state index is 12.8. The normalized spacial score (nSPS) is 22.0. The SMILES string of the molecule is CC1(C)CC(NC(=O)N2CCN(Cc3ncn[nH]3)CC2)c2ccccc2O1. The van der Waals surface area contributed by atoms with Crippen molar-refractivity contribution in [2.24, 2.45) is 0 Å². The zero-order valence-corrected chi connectivity index (χ0v) is 15.8. The van der Waals surface area contributed by atoms with Gasteiger partial charge in [-0.2, -0.15) is 5.10 Å². The molecule has 4 rings (SSSR count). The lowest BCUT2D eigenvalue weighted by Crippen LogP contribution is -2.53. The second kappa shape index (κ2) is 7.19. The minimum Gasteiger partial charge on any atom is -0.487 e. The van der Waals surface area contributed by atoms with Gasteiger partial charge in [0, 0.05) is 38.2 Å². The fraction of sp³-hybridized carbons (Fsp3) is 0.526. The fourth-order valence-corrected chi connectivity index (χ4v) is 3.80. The van der Waals surface area contributed by atoms with E-state index in [0.29, 0.717) is 13.1 Å². The molecule has 0 spiro atoms. The number of para-hydroxylation sites is 1. The van der Waals surface area contributed by atoms with Gasteiger partial charge in [-0.25, -0.2) is 9.78 Å². The van der Waals surface area contributed by atoms with Crippen LogP contribution in [0.25, 0.3) is 0 Å². The third-order valence-corrected chi connectivity index (χ3v) is 5.17. The van der Waals surface area contributed by atoms with Crippen LogP contribution in [0.1, 0.15) is 37.7 Å². The van der Waals surface area contributed by atoms with E-state index in [4.69, 9.17) is 4.74 Å². The zero-order valence-electron chi connectivity index (χ0n) is 15.8. The molecule has 8 heteroatoms. The highest BCUT2D eigenvalue weighted by Crippen LogP contribution is 2.39. The van der Waals surface area contributed by atoms with Crippen molar-refractivity contribution in [3.63, 3.8) is 0 Å². The number of hydrogen-bond acceptors (Lipinski definition) is 5. The molecule has 8 nitrogen and oxygen atoms in total. The van der Waals surface area contributed by atoms with Gasteiger partial charge in [-0.05, 0) is 19.9 Å². The van der Waals surface area contributed by atoms with E-state index in [1.54, 1.807) is 0 Å². The molecule has 2 aliphatic heterocycles. The number of benzene rings is 1. The molecule has 1 atom stereocenters. The number of H-pyrrole nitrogens is 1. The van der Waals surface area contributed by atoms with Gasteiger partial charge in [-0.15, -0.1) is 0 Å². The summed E-state index contributed by atoms with van der Waals surface area (Å²) in [5, 5.41) is 9.98. The number of nitrogens with one attached hydrogen (secondary N) is 2. The Kier molecular flexibility index (Phi) is 4.73. The fourth-order valence-electron chi connectivity index (χ4n) is 3.80. The highest BCUT2D eigenvalue weighted by atomic mass is 16.5. The first kappa shape index (κ1) is 17.8. The second-order valence-electron chi connectivity index (χ2n) is 7.80. The van der Waals surface area contributed by atoms with Gasteiger partial charge in [-0.3, -0.25) is 10.00 Å². The summed E-state index contributed by atoms with van der Waals surface area (Å²) in [6.45, 7) is 7.90. The molecule has 1 fully saturated rings. The van der Waals surface area contributed by atoms with E-state index >= 15 is 0 Å². The van der Waals surface area contributed by atoms with Gasteiger partial charge in [0.05, 0.1) is 12.6 Å². The highest BCUT2D eigenvalue weighted by Gasteiger charge is 2.35. The molecule has 2 aromatic rings. The van der Waals surface area contributed by atoms with Crippen LogP contribution in [0.3, 0.4) is 0 Å². The first-order valence-electron chi connectivity index (χ1n) is 9.40. The Hall–Kier alpha value is -2.61. The summed E-state index contributed by atoms with van der Waals surface area (Å²) in [6, 6.07) is 7.91. The van der Waals surface area contributed by atoms with Gasteiger partial charge in [-0.1, -0.05) is 18.2 Å². The Balaban J connectivity index is 1.36. The van der Waals surface area contributed by atoms with Gasteiger partial charge in [0.1, 0.15) is 23.5 Å². The van der Waals surface area contributed by atoms with Crippen molar-refractivity contribution in [1.29, 1.82) is 0 Å². The predicted octanol–water partition coefficient (Wildman–Crippen LogP) is 1.93. The first-order chi connectivity index (χ1) is 13.0. The highest BCUT2D eigenvalue weighted by molar-refractivity contribution is 5.75. The number of ether oxygens (including phenoxy) is 1. The van der Waals surface area contributed by atoms with Crippen molar-refractivity contribution in [3.05, 3.63) is 42.0 Å². The molecule has 0 aliphatic carbocycles. The summed E-state index contributed by atoms with van der Waals surface area (Å²) >= 11 is 0. The van der Waals surface area contributed by atoms with Crippen molar-refractivity contribution < 1.29 is 9.53 Å². The largest absolute Gasteiger partial charge is 0.487 e. The number of amides is 2. The summed E-state index contributed by atoms with van der Waals surface area (Å²) < 4.78 is 6.06. The number of aromatic nitrogens is 3. The number of carbonyl (C=O) groups excluding carboxylic acids is 1. The van der Waals surface area contributed by atoms with Crippen molar-refractivity contribution in [3.8, 4) is 5.75 Å². The third-order valence-electron chi connectivity index (χ3n) is 5.17. The average molecular weight is 370 g/mol. The van der Waals surface area contributed by atoms with Gasteiger partial charge >= 0.3 is 6.03 Å². The van der Waals surface area contributed by atoms with Crippen LogP contribution >= 0.6 is 0 Å². The smallest absolute Gasteiger partial charge is 0.317 e. The van der Waals surface area contributed by atoms with Crippen molar-refractivity contribution >= 4 is 6.03 Å². The summed E-state index contributed by atoms with van der Waals surface area (Å²) in [7, 11) is 0. The Labute approximate surface area is 158 Å². The standard InChI is InChI=1S/C19H26N6O2/c1-19(2)11-15(14-5-3-4-6-16(14)27-19)22-18(26)25-9-7-24(8-10-25)12-17-20-13-21-23-17/h3-6,13,15H,7-12H2,1-2H3,(H,22,26)(H,20,21,23). The molecule has 1 aromatic heterocycles.